The molecular formula is C19H17BrN2O2. The van der Waals surface area contributed by atoms with Gasteiger partial charge in [0.25, 0.3) is 5.91 Å². The number of ether oxygens (including phenoxy) is 1. The van der Waals surface area contributed by atoms with Gasteiger partial charge >= 0.3 is 0 Å². The average Bonchev–Trinajstić information content (AvgIpc) is 3.09. The SMILES string of the molecule is O=C(c1ccc2cc[nH]c2c1)N1CCOC(c2ccc(Br)cc2)C1. The smallest absolute Gasteiger partial charge is 0.254 e. The number of hydrogen-bond donors (Lipinski definition) is 1. The molecule has 122 valence electrons. The Kier molecular flexibility index (Phi) is 4.12. The van der Waals surface area contributed by atoms with Crippen LogP contribution in [0.25, 0.3) is 10.9 Å². The van der Waals surface area contributed by atoms with Gasteiger partial charge in [0.2, 0.25) is 0 Å². The number of aromatic nitrogens is 1. The van der Waals surface area contributed by atoms with E-state index in [1.807, 2.05) is 59.6 Å². The molecule has 1 saturated heterocycles. The number of carbonyl (C=O) groups excluding carboxylic acids is 1. The molecule has 3 aromatic rings. The van der Waals surface area contributed by atoms with Gasteiger partial charge < -0.3 is 14.6 Å². The molecule has 4 nitrogen and oxygen atoms in total. The average molecular weight is 385 g/mol. The minimum atomic E-state index is -0.0787. The normalized spacial score (nSPS) is 18.0. The molecule has 1 amide bonds. The summed E-state index contributed by atoms with van der Waals surface area (Å²) in [5.41, 5.74) is 2.79. The highest BCUT2D eigenvalue weighted by Gasteiger charge is 2.26. The fourth-order valence-electron chi connectivity index (χ4n) is 3.08. The Morgan fingerprint density at radius 1 is 1.17 bits per heavy atom. The van der Waals surface area contributed by atoms with Gasteiger partial charge in [0.05, 0.1) is 13.2 Å². The number of nitrogens with zero attached hydrogens (tertiary/aromatic N) is 1. The Morgan fingerprint density at radius 3 is 2.83 bits per heavy atom. The lowest BCUT2D eigenvalue weighted by Crippen LogP contribution is -2.42. The summed E-state index contributed by atoms with van der Waals surface area (Å²) >= 11 is 3.44. The van der Waals surface area contributed by atoms with Gasteiger partial charge in [0.1, 0.15) is 6.10 Å². The summed E-state index contributed by atoms with van der Waals surface area (Å²) in [7, 11) is 0. The van der Waals surface area contributed by atoms with Crippen molar-refractivity contribution in [3.05, 3.63) is 70.3 Å². The van der Waals surface area contributed by atoms with Crippen LogP contribution < -0.4 is 0 Å². The first-order valence-electron chi connectivity index (χ1n) is 7.94. The summed E-state index contributed by atoms with van der Waals surface area (Å²) < 4.78 is 6.90. The van der Waals surface area contributed by atoms with Gasteiger partial charge in [-0.3, -0.25) is 4.79 Å². The minimum absolute atomic E-state index is 0.0527. The lowest BCUT2D eigenvalue weighted by molar-refractivity contribution is -0.0228. The monoisotopic (exact) mass is 384 g/mol. The number of morpholine rings is 1. The molecule has 5 heteroatoms. The molecule has 4 rings (SSSR count). The topological polar surface area (TPSA) is 45.3 Å². The van der Waals surface area contributed by atoms with Crippen LogP contribution in [0.2, 0.25) is 0 Å². The molecule has 24 heavy (non-hydrogen) atoms. The van der Waals surface area contributed by atoms with Gasteiger partial charge in [-0.25, -0.2) is 0 Å². The first kappa shape index (κ1) is 15.4. The third-order valence-corrected chi connectivity index (χ3v) is 4.93. The summed E-state index contributed by atoms with van der Waals surface area (Å²) in [6.45, 7) is 1.75. The number of nitrogens with one attached hydrogen (secondary N) is 1. The zero-order valence-electron chi connectivity index (χ0n) is 13.0. The van der Waals surface area contributed by atoms with Crippen molar-refractivity contribution in [1.82, 2.24) is 9.88 Å². The van der Waals surface area contributed by atoms with Crippen molar-refractivity contribution in [2.75, 3.05) is 19.7 Å². The molecule has 0 aliphatic carbocycles. The lowest BCUT2D eigenvalue weighted by Gasteiger charge is -2.33. The summed E-state index contributed by atoms with van der Waals surface area (Å²) in [5.74, 6) is 0.0527. The molecule has 1 aliphatic rings. The van der Waals surface area contributed by atoms with Crippen LogP contribution >= 0.6 is 15.9 Å². The molecule has 2 heterocycles. The Labute approximate surface area is 148 Å². The van der Waals surface area contributed by atoms with Crippen LogP contribution in [-0.2, 0) is 4.74 Å². The standard InChI is InChI=1S/C19H17BrN2O2/c20-16-5-3-14(4-6-16)18-12-22(9-10-24-18)19(23)15-2-1-13-7-8-21-17(13)11-15/h1-8,11,18,21H,9-10,12H2. The molecule has 1 fully saturated rings. The number of carbonyl (C=O) groups is 1. The van der Waals surface area contributed by atoms with E-state index in [-0.39, 0.29) is 12.0 Å². The molecule has 1 aromatic heterocycles. The van der Waals surface area contributed by atoms with E-state index in [2.05, 4.69) is 20.9 Å². The van der Waals surface area contributed by atoms with E-state index in [4.69, 9.17) is 4.74 Å². The Bertz CT molecular complexity index is 872. The fraction of sp³-hybridized carbons (Fsp3) is 0.211. The van der Waals surface area contributed by atoms with Crippen LogP contribution in [0.3, 0.4) is 0 Å². The lowest BCUT2D eigenvalue weighted by atomic mass is 10.1. The maximum atomic E-state index is 12.8. The van der Waals surface area contributed by atoms with Crippen molar-refractivity contribution in [3.8, 4) is 0 Å². The van der Waals surface area contributed by atoms with E-state index < -0.39 is 0 Å². The van der Waals surface area contributed by atoms with Crippen molar-refractivity contribution >= 4 is 32.7 Å². The maximum Gasteiger partial charge on any atom is 0.254 e. The van der Waals surface area contributed by atoms with Crippen LogP contribution in [0.4, 0.5) is 0 Å². The largest absolute Gasteiger partial charge is 0.370 e. The number of aromatic amines is 1. The molecule has 0 bridgehead atoms. The summed E-state index contributed by atoms with van der Waals surface area (Å²) in [6, 6.07) is 15.9. The second-order valence-corrected chi connectivity index (χ2v) is 6.86. The third kappa shape index (κ3) is 2.97. The summed E-state index contributed by atoms with van der Waals surface area (Å²) in [5, 5.41) is 1.11. The number of amides is 1. The van der Waals surface area contributed by atoms with Gasteiger partial charge in [-0.2, -0.15) is 0 Å². The Morgan fingerprint density at radius 2 is 2.00 bits per heavy atom. The van der Waals surface area contributed by atoms with Crippen LogP contribution in [0.5, 0.6) is 0 Å². The van der Waals surface area contributed by atoms with Crippen molar-refractivity contribution in [3.63, 3.8) is 0 Å². The highest BCUT2D eigenvalue weighted by molar-refractivity contribution is 9.10. The fourth-order valence-corrected chi connectivity index (χ4v) is 3.34. The van der Waals surface area contributed by atoms with Crippen molar-refractivity contribution in [1.29, 1.82) is 0 Å². The van der Waals surface area contributed by atoms with Crippen LogP contribution in [0, 0.1) is 0 Å². The van der Waals surface area contributed by atoms with Crippen LogP contribution in [0.1, 0.15) is 22.0 Å². The van der Waals surface area contributed by atoms with Gasteiger partial charge in [-0.15, -0.1) is 0 Å². The molecule has 0 radical (unpaired) electrons. The van der Waals surface area contributed by atoms with Gasteiger partial charge in [0.15, 0.2) is 0 Å². The highest BCUT2D eigenvalue weighted by Crippen LogP contribution is 2.25. The number of H-pyrrole nitrogens is 1. The predicted molar refractivity (Wildman–Crippen MR) is 97.0 cm³/mol. The quantitative estimate of drug-likeness (QED) is 0.721. The first-order chi connectivity index (χ1) is 11.7. The molecule has 1 N–H and O–H groups in total. The highest BCUT2D eigenvalue weighted by atomic mass is 79.9. The van der Waals surface area contributed by atoms with E-state index in [0.29, 0.717) is 25.3 Å². The number of hydrogen-bond acceptors (Lipinski definition) is 2. The molecule has 2 aromatic carbocycles. The minimum Gasteiger partial charge on any atom is -0.370 e. The zero-order chi connectivity index (χ0) is 16.5. The van der Waals surface area contributed by atoms with E-state index in [1.54, 1.807) is 0 Å². The molecule has 0 saturated carbocycles. The second-order valence-electron chi connectivity index (χ2n) is 5.94. The number of rotatable bonds is 2. The maximum absolute atomic E-state index is 12.8. The van der Waals surface area contributed by atoms with Gasteiger partial charge in [-0.1, -0.05) is 34.1 Å². The van der Waals surface area contributed by atoms with E-state index in [9.17, 15) is 4.79 Å². The molecule has 1 unspecified atom stereocenters. The predicted octanol–water partition coefficient (Wildman–Crippen LogP) is 4.14. The van der Waals surface area contributed by atoms with Gasteiger partial charge in [0, 0.05) is 28.3 Å². The van der Waals surface area contributed by atoms with Crippen molar-refractivity contribution in [2.45, 2.75) is 6.10 Å². The third-order valence-electron chi connectivity index (χ3n) is 4.40. The van der Waals surface area contributed by atoms with Crippen LogP contribution in [0.15, 0.2) is 59.2 Å². The van der Waals surface area contributed by atoms with E-state index in [1.165, 1.54) is 0 Å². The summed E-state index contributed by atoms with van der Waals surface area (Å²) in [4.78, 5) is 17.9. The second kappa shape index (κ2) is 6.42. The van der Waals surface area contributed by atoms with Crippen molar-refractivity contribution in [2.24, 2.45) is 0 Å². The number of benzene rings is 2. The molecule has 1 atom stereocenters. The molecule has 1 aliphatic heterocycles. The first-order valence-corrected chi connectivity index (χ1v) is 8.73. The molecule has 0 spiro atoms. The van der Waals surface area contributed by atoms with E-state index in [0.717, 1.165) is 20.9 Å². The van der Waals surface area contributed by atoms with Crippen LogP contribution in [-0.4, -0.2) is 35.5 Å². The number of fused-ring (bicyclic) bond motifs is 1. The van der Waals surface area contributed by atoms with E-state index >= 15 is 0 Å². The number of halogens is 1. The van der Waals surface area contributed by atoms with Gasteiger partial charge in [-0.05, 0) is 41.3 Å². The zero-order valence-corrected chi connectivity index (χ0v) is 14.6. The molecular weight excluding hydrogens is 368 g/mol. The Balaban J connectivity index is 1.54. The summed E-state index contributed by atoms with van der Waals surface area (Å²) in [6.07, 6.45) is 1.81. The van der Waals surface area contributed by atoms with Crippen molar-refractivity contribution < 1.29 is 9.53 Å². The Hall–Kier alpha value is -2.11.